The number of amides is 2. The third-order valence-electron chi connectivity index (χ3n) is 4.39. The smallest absolute Gasteiger partial charge is 0.319 e. The number of urea groups is 1. The molecule has 3 aromatic rings. The molecule has 3 rings (SSSR count). The normalized spacial score (nSPS) is 11.2. The number of rotatable bonds is 6. The first kappa shape index (κ1) is 21.8. The molecule has 2 amide bonds. The van der Waals surface area contributed by atoms with Crippen LogP contribution < -0.4 is 10.6 Å². The van der Waals surface area contributed by atoms with Crippen molar-refractivity contribution in [2.75, 3.05) is 5.32 Å². The van der Waals surface area contributed by atoms with Gasteiger partial charge in [-0.15, -0.1) is 0 Å². The van der Waals surface area contributed by atoms with Crippen molar-refractivity contribution in [2.24, 2.45) is 0 Å². The lowest BCUT2D eigenvalue weighted by atomic mass is 10.2. The zero-order valence-electron chi connectivity index (χ0n) is 16.2. The number of anilines is 1. The zero-order chi connectivity index (χ0) is 21.7. The fraction of sp³-hybridized carbons (Fsp3) is 0.136. The molecule has 5 nitrogen and oxygen atoms in total. The molecule has 0 spiro atoms. The van der Waals surface area contributed by atoms with Crippen molar-refractivity contribution in [1.82, 2.24) is 5.32 Å². The van der Waals surface area contributed by atoms with Crippen molar-refractivity contribution >= 4 is 33.2 Å². The highest BCUT2D eigenvalue weighted by atomic mass is 35.5. The molecular formula is C22H20ClFN2O3S. The summed E-state index contributed by atoms with van der Waals surface area (Å²) in [5.41, 5.74) is 2.15. The highest BCUT2D eigenvalue weighted by Crippen LogP contribution is 2.24. The molecule has 0 saturated carbocycles. The number of hydrogen-bond acceptors (Lipinski definition) is 3. The number of carbonyl (C=O) groups is 1. The Bertz CT molecular complexity index is 1170. The summed E-state index contributed by atoms with van der Waals surface area (Å²) in [4.78, 5) is 12.3. The molecule has 156 valence electrons. The maximum absolute atomic E-state index is 13.2. The Morgan fingerprint density at radius 3 is 2.43 bits per heavy atom. The highest BCUT2D eigenvalue weighted by molar-refractivity contribution is 7.90. The van der Waals surface area contributed by atoms with E-state index in [0.717, 1.165) is 0 Å². The van der Waals surface area contributed by atoms with Crippen molar-refractivity contribution in [2.45, 2.75) is 24.1 Å². The van der Waals surface area contributed by atoms with Crippen LogP contribution >= 0.6 is 11.6 Å². The Hall–Kier alpha value is -2.90. The molecule has 0 unspecified atom stereocenters. The van der Waals surface area contributed by atoms with Crippen LogP contribution in [0.1, 0.15) is 16.7 Å². The van der Waals surface area contributed by atoms with Crippen LogP contribution in [0.4, 0.5) is 14.9 Å². The second kappa shape index (κ2) is 9.28. The van der Waals surface area contributed by atoms with Crippen molar-refractivity contribution in [3.8, 4) is 0 Å². The minimum absolute atomic E-state index is 0.136. The quantitative estimate of drug-likeness (QED) is 0.554. The number of benzene rings is 3. The third kappa shape index (κ3) is 5.81. The van der Waals surface area contributed by atoms with Crippen LogP contribution in [0.2, 0.25) is 5.02 Å². The Labute approximate surface area is 179 Å². The number of halogens is 2. The van der Waals surface area contributed by atoms with Crippen LogP contribution in [0.3, 0.4) is 0 Å². The summed E-state index contributed by atoms with van der Waals surface area (Å²) >= 11 is 5.85. The van der Waals surface area contributed by atoms with E-state index in [0.29, 0.717) is 27.4 Å². The lowest BCUT2D eigenvalue weighted by Crippen LogP contribution is -2.28. The zero-order valence-corrected chi connectivity index (χ0v) is 17.7. The molecule has 0 bridgehead atoms. The summed E-state index contributed by atoms with van der Waals surface area (Å²) in [7, 11) is -3.63. The summed E-state index contributed by atoms with van der Waals surface area (Å²) in [5, 5.41) is 5.76. The van der Waals surface area contributed by atoms with Gasteiger partial charge in [-0.3, -0.25) is 0 Å². The second-order valence-corrected chi connectivity index (χ2v) is 9.20. The number of carbonyl (C=O) groups excluding carboxylic acids is 1. The van der Waals surface area contributed by atoms with Gasteiger partial charge in [-0.1, -0.05) is 41.9 Å². The molecule has 0 aromatic heterocycles. The molecule has 0 aliphatic rings. The molecule has 0 aliphatic heterocycles. The Balaban J connectivity index is 1.70. The third-order valence-corrected chi connectivity index (χ3v) is 6.47. The van der Waals surface area contributed by atoms with E-state index in [2.05, 4.69) is 10.6 Å². The minimum Gasteiger partial charge on any atom is -0.334 e. The lowest BCUT2D eigenvalue weighted by molar-refractivity contribution is 0.251. The maximum Gasteiger partial charge on any atom is 0.319 e. The Kier molecular flexibility index (Phi) is 6.74. The van der Waals surface area contributed by atoms with E-state index in [-0.39, 0.29) is 23.0 Å². The first-order valence-electron chi connectivity index (χ1n) is 9.10. The average Bonchev–Trinajstić information content (AvgIpc) is 2.69. The molecular weight excluding hydrogens is 427 g/mol. The van der Waals surface area contributed by atoms with Gasteiger partial charge >= 0.3 is 6.03 Å². The van der Waals surface area contributed by atoms with Crippen LogP contribution in [-0.4, -0.2) is 14.4 Å². The number of hydrogen-bond donors (Lipinski definition) is 2. The van der Waals surface area contributed by atoms with E-state index in [9.17, 15) is 17.6 Å². The van der Waals surface area contributed by atoms with Gasteiger partial charge in [-0.25, -0.2) is 17.6 Å². The SMILES string of the molecule is Cc1ccc(NC(=O)NCc2cccc(F)c2)cc1S(=O)(=O)Cc1ccc(Cl)cc1. The minimum atomic E-state index is -3.63. The van der Waals surface area contributed by atoms with Crippen LogP contribution in [0.15, 0.2) is 71.6 Å². The van der Waals surface area contributed by atoms with Gasteiger partial charge in [0.1, 0.15) is 5.82 Å². The molecule has 2 N–H and O–H groups in total. The van der Waals surface area contributed by atoms with E-state index < -0.39 is 15.9 Å². The summed E-state index contributed by atoms with van der Waals surface area (Å²) < 4.78 is 39.0. The number of sulfone groups is 1. The van der Waals surface area contributed by atoms with E-state index in [1.807, 2.05) is 0 Å². The van der Waals surface area contributed by atoms with Crippen molar-refractivity contribution < 1.29 is 17.6 Å². The summed E-state index contributed by atoms with van der Waals surface area (Å²) in [6, 6.07) is 16.7. The van der Waals surface area contributed by atoms with E-state index >= 15 is 0 Å². The van der Waals surface area contributed by atoms with Gasteiger partial charge in [0.25, 0.3) is 0 Å². The summed E-state index contributed by atoms with van der Waals surface area (Å²) in [6.45, 7) is 1.83. The molecule has 0 fully saturated rings. The van der Waals surface area contributed by atoms with Crippen molar-refractivity contribution in [3.63, 3.8) is 0 Å². The van der Waals surface area contributed by atoms with E-state index in [1.165, 1.54) is 18.2 Å². The molecule has 0 atom stereocenters. The molecule has 3 aromatic carbocycles. The monoisotopic (exact) mass is 446 g/mol. The van der Waals surface area contributed by atoms with Gasteiger partial charge in [-0.2, -0.15) is 0 Å². The number of aryl methyl sites for hydroxylation is 1. The summed E-state index contributed by atoms with van der Waals surface area (Å²) in [5.74, 6) is -0.566. The van der Waals surface area contributed by atoms with Gasteiger partial charge in [0.05, 0.1) is 10.6 Å². The van der Waals surface area contributed by atoms with Gasteiger partial charge in [0, 0.05) is 17.3 Å². The van der Waals surface area contributed by atoms with Crippen molar-refractivity contribution in [3.05, 3.63) is 94.3 Å². The predicted octanol–water partition coefficient (Wildman–Crippen LogP) is 5.08. The van der Waals surface area contributed by atoms with Crippen LogP contribution in [0.25, 0.3) is 0 Å². The van der Waals surface area contributed by atoms with Gasteiger partial charge in [0.2, 0.25) is 0 Å². The molecule has 0 heterocycles. The predicted molar refractivity (Wildman–Crippen MR) is 116 cm³/mol. The Morgan fingerprint density at radius 1 is 1.00 bits per heavy atom. The standard InChI is InChI=1S/C22H20ClFN2O3S/c1-15-5-10-20(26-22(27)25-13-17-3-2-4-19(24)11-17)12-21(15)30(28,29)14-16-6-8-18(23)9-7-16/h2-12H,13-14H2,1H3,(H2,25,26,27). The highest BCUT2D eigenvalue weighted by Gasteiger charge is 2.19. The first-order chi connectivity index (χ1) is 14.2. The second-order valence-electron chi connectivity index (χ2n) is 6.80. The Morgan fingerprint density at radius 2 is 1.73 bits per heavy atom. The lowest BCUT2D eigenvalue weighted by Gasteiger charge is -2.12. The maximum atomic E-state index is 13.2. The number of nitrogens with one attached hydrogen (secondary N) is 2. The molecule has 8 heteroatoms. The van der Waals surface area contributed by atoms with E-state index in [1.54, 1.807) is 55.5 Å². The van der Waals surface area contributed by atoms with Gasteiger partial charge in [-0.05, 0) is 60.0 Å². The fourth-order valence-corrected chi connectivity index (χ4v) is 4.67. The molecule has 0 aliphatic carbocycles. The molecule has 0 saturated heterocycles. The van der Waals surface area contributed by atoms with Crippen molar-refractivity contribution in [1.29, 1.82) is 0 Å². The first-order valence-corrected chi connectivity index (χ1v) is 11.1. The van der Waals surface area contributed by atoms with Crippen LogP contribution in [0, 0.1) is 12.7 Å². The van der Waals surface area contributed by atoms with E-state index in [4.69, 9.17) is 11.6 Å². The van der Waals surface area contributed by atoms with Gasteiger partial charge in [0.15, 0.2) is 9.84 Å². The van der Waals surface area contributed by atoms with Crippen LogP contribution in [-0.2, 0) is 22.1 Å². The molecule has 0 radical (unpaired) electrons. The van der Waals surface area contributed by atoms with Gasteiger partial charge < -0.3 is 10.6 Å². The fourth-order valence-electron chi connectivity index (χ4n) is 2.90. The summed E-state index contributed by atoms with van der Waals surface area (Å²) in [6.07, 6.45) is 0. The van der Waals surface area contributed by atoms with Crippen LogP contribution in [0.5, 0.6) is 0 Å². The largest absolute Gasteiger partial charge is 0.334 e. The average molecular weight is 447 g/mol. The molecule has 30 heavy (non-hydrogen) atoms. The topological polar surface area (TPSA) is 75.3 Å².